The van der Waals surface area contributed by atoms with E-state index < -0.39 is 5.97 Å². The van der Waals surface area contributed by atoms with E-state index in [0.29, 0.717) is 13.0 Å². The lowest BCUT2D eigenvalue weighted by molar-refractivity contribution is -0.137. The van der Waals surface area contributed by atoms with Crippen molar-refractivity contribution in [1.82, 2.24) is 0 Å². The van der Waals surface area contributed by atoms with Crippen LogP contribution in [0, 0.1) is 0 Å². The minimum atomic E-state index is -0.746. The van der Waals surface area contributed by atoms with E-state index in [4.69, 9.17) is 9.84 Å². The Hall–Kier alpha value is -1.39. The standard InChI is InChI=1S/C25H42O4/c1-2-3-4-5-6-10-16-23(26)17-11-12-18-24(19-13-20-25(27)28)29-21-22-14-8-7-9-15-22/h7-9,14-15,23-24,26H,2-6,10-13,16-21H2,1H3,(H,27,28). The Bertz CT molecular complexity index is 503. The summed E-state index contributed by atoms with van der Waals surface area (Å²) >= 11 is 0. The van der Waals surface area contributed by atoms with Crippen LogP contribution in [-0.4, -0.2) is 28.4 Å². The number of aliphatic hydroxyl groups excluding tert-OH is 1. The highest BCUT2D eigenvalue weighted by Gasteiger charge is 2.12. The molecule has 2 unspecified atom stereocenters. The third-order valence-electron chi connectivity index (χ3n) is 5.45. The van der Waals surface area contributed by atoms with E-state index in [1.165, 1.54) is 32.1 Å². The molecule has 0 heterocycles. The van der Waals surface area contributed by atoms with Gasteiger partial charge in [-0.25, -0.2) is 0 Å². The molecule has 0 fully saturated rings. The number of aliphatic carboxylic acids is 1. The highest BCUT2D eigenvalue weighted by molar-refractivity contribution is 5.66. The zero-order chi connectivity index (χ0) is 21.2. The molecule has 0 spiro atoms. The van der Waals surface area contributed by atoms with Crippen molar-refractivity contribution in [2.24, 2.45) is 0 Å². The average molecular weight is 407 g/mol. The first-order valence-corrected chi connectivity index (χ1v) is 11.7. The van der Waals surface area contributed by atoms with E-state index in [1.807, 2.05) is 30.3 Å². The van der Waals surface area contributed by atoms with Crippen molar-refractivity contribution < 1.29 is 19.7 Å². The summed E-state index contributed by atoms with van der Waals surface area (Å²) in [6.45, 7) is 2.80. The smallest absolute Gasteiger partial charge is 0.303 e. The second kappa shape index (κ2) is 17.5. The van der Waals surface area contributed by atoms with Gasteiger partial charge in [-0.2, -0.15) is 0 Å². The molecule has 29 heavy (non-hydrogen) atoms. The monoisotopic (exact) mass is 406 g/mol. The molecule has 1 aromatic rings. The highest BCUT2D eigenvalue weighted by Crippen LogP contribution is 2.18. The van der Waals surface area contributed by atoms with Crippen LogP contribution in [-0.2, 0) is 16.1 Å². The number of hydrogen-bond donors (Lipinski definition) is 2. The third kappa shape index (κ3) is 15.2. The minimum absolute atomic E-state index is 0.0882. The van der Waals surface area contributed by atoms with Crippen molar-refractivity contribution in [2.75, 3.05) is 0 Å². The summed E-state index contributed by atoms with van der Waals surface area (Å²) in [6.07, 6.45) is 13.8. The van der Waals surface area contributed by atoms with Crippen LogP contribution in [0.2, 0.25) is 0 Å². The van der Waals surface area contributed by atoms with Crippen molar-refractivity contribution in [1.29, 1.82) is 0 Å². The van der Waals surface area contributed by atoms with Crippen LogP contribution in [0.5, 0.6) is 0 Å². The van der Waals surface area contributed by atoms with Crippen LogP contribution >= 0.6 is 0 Å². The lowest BCUT2D eigenvalue weighted by atomic mass is 10.0. The zero-order valence-electron chi connectivity index (χ0n) is 18.4. The summed E-state index contributed by atoms with van der Waals surface area (Å²) in [5, 5.41) is 19.0. The van der Waals surface area contributed by atoms with Crippen molar-refractivity contribution in [3.8, 4) is 0 Å². The molecular weight excluding hydrogens is 364 g/mol. The highest BCUT2D eigenvalue weighted by atomic mass is 16.5. The molecule has 0 amide bonds. The molecule has 0 aromatic heterocycles. The van der Waals surface area contributed by atoms with Gasteiger partial charge in [0.2, 0.25) is 0 Å². The fraction of sp³-hybridized carbons (Fsp3) is 0.720. The largest absolute Gasteiger partial charge is 0.481 e. The van der Waals surface area contributed by atoms with Gasteiger partial charge >= 0.3 is 5.97 Å². The van der Waals surface area contributed by atoms with E-state index in [-0.39, 0.29) is 18.6 Å². The van der Waals surface area contributed by atoms with Crippen LogP contribution < -0.4 is 0 Å². The second-order valence-electron chi connectivity index (χ2n) is 8.20. The van der Waals surface area contributed by atoms with Crippen LogP contribution in [0.1, 0.15) is 102 Å². The molecule has 1 rings (SSSR count). The first-order valence-electron chi connectivity index (χ1n) is 11.7. The van der Waals surface area contributed by atoms with Gasteiger partial charge in [0, 0.05) is 6.42 Å². The Morgan fingerprint density at radius 1 is 0.862 bits per heavy atom. The summed E-state index contributed by atoms with van der Waals surface area (Å²) in [5.41, 5.74) is 1.14. The van der Waals surface area contributed by atoms with Crippen molar-refractivity contribution in [3.05, 3.63) is 35.9 Å². The van der Waals surface area contributed by atoms with E-state index >= 15 is 0 Å². The molecule has 2 atom stereocenters. The topological polar surface area (TPSA) is 66.8 Å². The van der Waals surface area contributed by atoms with Gasteiger partial charge < -0.3 is 14.9 Å². The number of unbranched alkanes of at least 4 members (excludes halogenated alkanes) is 6. The molecule has 0 bridgehead atoms. The molecule has 1 aromatic carbocycles. The summed E-state index contributed by atoms with van der Waals surface area (Å²) < 4.78 is 6.07. The molecule has 0 saturated carbocycles. The number of hydrogen-bond acceptors (Lipinski definition) is 3. The Balaban J connectivity index is 2.19. The number of carboxylic acid groups (broad SMARTS) is 1. The lowest BCUT2D eigenvalue weighted by Gasteiger charge is -2.18. The number of benzene rings is 1. The summed E-state index contributed by atoms with van der Waals surface area (Å²) in [6, 6.07) is 10.1. The van der Waals surface area contributed by atoms with E-state index in [2.05, 4.69) is 6.92 Å². The molecule has 2 N–H and O–H groups in total. The number of ether oxygens (including phenoxy) is 1. The van der Waals surface area contributed by atoms with Gasteiger partial charge in [-0.15, -0.1) is 0 Å². The maximum atomic E-state index is 10.8. The molecular formula is C25H42O4. The van der Waals surface area contributed by atoms with E-state index in [1.54, 1.807) is 0 Å². The molecule has 4 nitrogen and oxygen atoms in total. The normalized spacial score (nSPS) is 13.3. The van der Waals surface area contributed by atoms with Crippen LogP contribution in [0.25, 0.3) is 0 Å². The van der Waals surface area contributed by atoms with Gasteiger partial charge in [-0.3, -0.25) is 4.79 Å². The molecule has 166 valence electrons. The van der Waals surface area contributed by atoms with E-state index in [0.717, 1.165) is 50.5 Å². The van der Waals surface area contributed by atoms with Gasteiger partial charge in [-0.1, -0.05) is 88.6 Å². The van der Waals surface area contributed by atoms with Crippen molar-refractivity contribution >= 4 is 5.97 Å². The summed E-state index contributed by atoms with van der Waals surface area (Å²) in [4.78, 5) is 10.8. The molecule has 0 radical (unpaired) electrons. The SMILES string of the molecule is CCCCCCCCC(O)CCCCC(CCCC(=O)O)OCc1ccccc1. The summed E-state index contributed by atoms with van der Waals surface area (Å²) in [5.74, 6) is -0.746. The quantitative estimate of drug-likeness (QED) is 0.257. The first kappa shape index (κ1) is 25.6. The Morgan fingerprint density at radius 2 is 1.45 bits per heavy atom. The Labute approximate surface area is 177 Å². The van der Waals surface area contributed by atoms with Gasteiger partial charge in [0.25, 0.3) is 0 Å². The fourth-order valence-corrected chi connectivity index (χ4v) is 3.64. The van der Waals surface area contributed by atoms with Crippen LogP contribution in [0.3, 0.4) is 0 Å². The predicted octanol–water partition coefficient (Wildman–Crippen LogP) is 6.50. The third-order valence-corrected chi connectivity index (χ3v) is 5.45. The molecule has 0 saturated heterocycles. The van der Waals surface area contributed by atoms with Gasteiger partial charge in [0.15, 0.2) is 0 Å². The molecule has 0 aliphatic heterocycles. The summed E-state index contributed by atoms with van der Waals surface area (Å²) in [7, 11) is 0. The number of rotatable bonds is 19. The zero-order valence-corrected chi connectivity index (χ0v) is 18.4. The fourth-order valence-electron chi connectivity index (χ4n) is 3.64. The number of carbonyl (C=O) groups is 1. The van der Waals surface area contributed by atoms with Gasteiger partial charge in [-0.05, 0) is 37.7 Å². The van der Waals surface area contributed by atoms with Gasteiger partial charge in [0.1, 0.15) is 0 Å². The molecule has 0 aliphatic rings. The minimum Gasteiger partial charge on any atom is -0.481 e. The molecule has 4 heteroatoms. The maximum absolute atomic E-state index is 10.8. The van der Waals surface area contributed by atoms with E-state index in [9.17, 15) is 9.90 Å². The first-order chi connectivity index (χ1) is 14.1. The average Bonchev–Trinajstić information content (AvgIpc) is 2.72. The number of carboxylic acids is 1. The van der Waals surface area contributed by atoms with Crippen molar-refractivity contribution in [2.45, 2.75) is 116 Å². The van der Waals surface area contributed by atoms with Crippen molar-refractivity contribution in [3.63, 3.8) is 0 Å². The molecule has 0 aliphatic carbocycles. The number of aliphatic hydroxyl groups is 1. The second-order valence-corrected chi connectivity index (χ2v) is 8.20. The Morgan fingerprint density at radius 3 is 2.14 bits per heavy atom. The van der Waals surface area contributed by atoms with Crippen LogP contribution in [0.4, 0.5) is 0 Å². The predicted molar refractivity (Wildman–Crippen MR) is 119 cm³/mol. The lowest BCUT2D eigenvalue weighted by Crippen LogP contribution is -2.14. The van der Waals surface area contributed by atoms with Gasteiger partial charge in [0.05, 0.1) is 18.8 Å². The Kier molecular flexibility index (Phi) is 15.4. The maximum Gasteiger partial charge on any atom is 0.303 e. The van der Waals surface area contributed by atoms with Crippen LogP contribution in [0.15, 0.2) is 30.3 Å².